The summed E-state index contributed by atoms with van der Waals surface area (Å²) in [7, 11) is 0. The molecule has 3 rings (SSSR count). The molecule has 2 aliphatic rings. The van der Waals surface area contributed by atoms with Crippen molar-refractivity contribution < 1.29 is 5.11 Å². The zero-order chi connectivity index (χ0) is 18.4. The summed E-state index contributed by atoms with van der Waals surface area (Å²) in [6.45, 7) is 9.03. The van der Waals surface area contributed by atoms with Gasteiger partial charge in [-0.2, -0.15) is 0 Å². The van der Waals surface area contributed by atoms with Crippen LogP contribution < -0.4 is 5.32 Å². The maximum atomic E-state index is 10.5. The first-order valence-electron chi connectivity index (χ1n) is 9.85. The fourth-order valence-corrected chi connectivity index (χ4v) is 4.21. The maximum Gasteiger partial charge on any atom is 0.194 e. The molecule has 0 aliphatic carbocycles. The van der Waals surface area contributed by atoms with E-state index >= 15 is 0 Å². The second-order valence-corrected chi connectivity index (χ2v) is 7.75. The van der Waals surface area contributed by atoms with Crippen LogP contribution in [0.5, 0.6) is 0 Å². The van der Waals surface area contributed by atoms with Crippen molar-refractivity contribution >= 4 is 41.5 Å². The van der Waals surface area contributed by atoms with Crippen LogP contribution in [0.25, 0.3) is 0 Å². The van der Waals surface area contributed by atoms with Crippen molar-refractivity contribution in [2.75, 3.05) is 45.8 Å². The molecule has 2 N–H and O–H groups in total. The normalized spacial score (nSPS) is 22.0. The highest BCUT2D eigenvalue weighted by Gasteiger charge is 2.27. The topological polar surface area (TPSA) is 51.1 Å². The fraction of sp³-hybridized carbons (Fsp3) is 0.650. The second-order valence-electron chi connectivity index (χ2n) is 7.34. The third-order valence-electron chi connectivity index (χ3n) is 5.31. The van der Waals surface area contributed by atoms with Gasteiger partial charge in [0, 0.05) is 36.8 Å². The number of hydrogen-bond donors (Lipinski definition) is 2. The summed E-state index contributed by atoms with van der Waals surface area (Å²) in [6.07, 6.45) is 3.23. The lowest BCUT2D eigenvalue weighted by atomic mass is 10.1. The number of hydrogen-bond acceptors (Lipinski definition) is 3. The molecule has 0 amide bonds. The van der Waals surface area contributed by atoms with Crippen LogP contribution in [-0.4, -0.2) is 66.7 Å². The molecule has 0 bridgehead atoms. The molecular formula is C20H32ClIN4O. The van der Waals surface area contributed by atoms with Gasteiger partial charge in [0.05, 0.1) is 6.54 Å². The Labute approximate surface area is 185 Å². The molecule has 5 nitrogen and oxygen atoms in total. The van der Waals surface area contributed by atoms with Crippen LogP contribution in [0.15, 0.2) is 29.3 Å². The van der Waals surface area contributed by atoms with Gasteiger partial charge in [-0.1, -0.05) is 29.8 Å². The predicted octanol–water partition coefficient (Wildman–Crippen LogP) is 3.37. The second kappa shape index (κ2) is 11.4. The molecule has 2 saturated heterocycles. The summed E-state index contributed by atoms with van der Waals surface area (Å²) < 4.78 is 0. The molecule has 2 aliphatic heterocycles. The molecule has 1 aromatic rings. The van der Waals surface area contributed by atoms with E-state index in [0.717, 1.165) is 31.2 Å². The van der Waals surface area contributed by atoms with E-state index in [-0.39, 0.29) is 24.0 Å². The quantitative estimate of drug-likeness (QED) is 0.353. The Kier molecular flexibility index (Phi) is 9.62. The van der Waals surface area contributed by atoms with E-state index in [0.29, 0.717) is 17.5 Å². The molecule has 0 aromatic heterocycles. The summed E-state index contributed by atoms with van der Waals surface area (Å²) >= 11 is 6.18. The van der Waals surface area contributed by atoms with Crippen molar-refractivity contribution in [2.45, 2.75) is 32.3 Å². The van der Waals surface area contributed by atoms with Crippen LogP contribution >= 0.6 is 35.6 Å². The summed E-state index contributed by atoms with van der Waals surface area (Å²) in [5.41, 5.74) is 0.738. The molecule has 2 unspecified atom stereocenters. The number of guanidine groups is 1. The van der Waals surface area contributed by atoms with Crippen LogP contribution in [0.4, 0.5) is 0 Å². The first-order chi connectivity index (χ1) is 12.7. The van der Waals surface area contributed by atoms with E-state index in [9.17, 15) is 5.11 Å². The van der Waals surface area contributed by atoms with Crippen molar-refractivity contribution in [3.05, 3.63) is 34.9 Å². The van der Waals surface area contributed by atoms with E-state index in [2.05, 4.69) is 27.0 Å². The van der Waals surface area contributed by atoms with Crippen LogP contribution in [0, 0.1) is 5.92 Å². The van der Waals surface area contributed by atoms with Gasteiger partial charge in [0.1, 0.15) is 6.10 Å². The zero-order valence-corrected chi connectivity index (χ0v) is 19.2. The van der Waals surface area contributed by atoms with Gasteiger partial charge in [-0.05, 0) is 51.3 Å². The fourth-order valence-electron chi connectivity index (χ4n) is 3.95. The highest BCUT2D eigenvalue weighted by molar-refractivity contribution is 14.0. The van der Waals surface area contributed by atoms with E-state index in [1.807, 2.05) is 18.2 Å². The average Bonchev–Trinajstić information content (AvgIpc) is 3.31. The monoisotopic (exact) mass is 506 g/mol. The minimum absolute atomic E-state index is 0. The lowest BCUT2D eigenvalue weighted by Crippen LogP contribution is -2.41. The molecule has 7 heteroatoms. The van der Waals surface area contributed by atoms with Gasteiger partial charge in [0.2, 0.25) is 0 Å². The Morgan fingerprint density at radius 2 is 2.04 bits per heavy atom. The molecule has 0 radical (unpaired) electrons. The number of aliphatic hydroxyl groups excluding tert-OH is 1. The van der Waals surface area contributed by atoms with Gasteiger partial charge in [-0.15, -0.1) is 24.0 Å². The van der Waals surface area contributed by atoms with Gasteiger partial charge in [-0.25, -0.2) is 0 Å². The number of rotatable bonds is 6. The van der Waals surface area contributed by atoms with Crippen LogP contribution in [0.3, 0.4) is 0 Å². The summed E-state index contributed by atoms with van der Waals surface area (Å²) in [5, 5.41) is 14.4. The van der Waals surface area contributed by atoms with Crippen molar-refractivity contribution in [1.29, 1.82) is 0 Å². The van der Waals surface area contributed by atoms with Gasteiger partial charge in [0.25, 0.3) is 0 Å². The number of nitrogens with zero attached hydrogens (tertiary/aromatic N) is 3. The third-order valence-corrected chi connectivity index (χ3v) is 5.66. The third kappa shape index (κ3) is 6.48. The van der Waals surface area contributed by atoms with Crippen LogP contribution in [-0.2, 0) is 0 Å². The van der Waals surface area contributed by atoms with Gasteiger partial charge < -0.3 is 20.2 Å². The molecule has 152 valence electrons. The minimum atomic E-state index is -0.680. The maximum absolute atomic E-state index is 10.5. The van der Waals surface area contributed by atoms with E-state index in [4.69, 9.17) is 11.6 Å². The van der Waals surface area contributed by atoms with Gasteiger partial charge in [-0.3, -0.25) is 4.99 Å². The van der Waals surface area contributed by atoms with E-state index < -0.39 is 6.10 Å². The van der Waals surface area contributed by atoms with Crippen molar-refractivity contribution in [1.82, 2.24) is 15.1 Å². The largest absolute Gasteiger partial charge is 0.386 e. The minimum Gasteiger partial charge on any atom is -0.386 e. The number of benzene rings is 1. The highest BCUT2D eigenvalue weighted by atomic mass is 127. The Bertz CT molecular complexity index is 609. The number of aliphatic imine (C=N–C) groups is 1. The molecule has 27 heavy (non-hydrogen) atoms. The summed E-state index contributed by atoms with van der Waals surface area (Å²) in [6, 6.07) is 7.43. The summed E-state index contributed by atoms with van der Waals surface area (Å²) in [5.74, 6) is 1.62. The van der Waals surface area contributed by atoms with Crippen LogP contribution in [0.1, 0.15) is 37.9 Å². The molecule has 1 aromatic carbocycles. The Morgan fingerprint density at radius 3 is 2.74 bits per heavy atom. The molecular weight excluding hydrogens is 475 g/mol. The Morgan fingerprint density at radius 1 is 1.30 bits per heavy atom. The number of halogens is 2. The molecule has 0 saturated carbocycles. The van der Waals surface area contributed by atoms with E-state index in [1.165, 1.54) is 38.9 Å². The van der Waals surface area contributed by atoms with Crippen molar-refractivity contribution in [3.8, 4) is 0 Å². The molecule has 2 heterocycles. The first kappa shape index (κ1) is 22.7. The predicted molar refractivity (Wildman–Crippen MR) is 123 cm³/mol. The summed E-state index contributed by atoms with van der Waals surface area (Å²) in [4.78, 5) is 9.62. The molecule has 2 fully saturated rings. The number of likely N-dealkylation sites (tertiary alicyclic amines) is 2. The molecule has 0 spiro atoms. The Hall–Kier alpha value is -0.570. The van der Waals surface area contributed by atoms with Crippen molar-refractivity contribution in [3.63, 3.8) is 0 Å². The van der Waals surface area contributed by atoms with Gasteiger partial charge >= 0.3 is 0 Å². The molecule has 2 atom stereocenters. The number of aliphatic hydroxyl groups is 1. The number of nitrogens with one attached hydrogen (secondary N) is 1. The van der Waals surface area contributed by atoms with Crippen LogP contribution in [0.2, 0.25) is 5.02 Å². The van der Waals surface area contributed by atoms with Crippen molar-refractivity contribution in [2.24, 2.45) is 10.9 Å². The lowest BCUT2D eigenvalue weighted by molar-refractivity contribution is 0.186. The zero-order valence-electron chi connectivity index (χ0n) is 16.1. The van der Waals surface area contributed by atoms with E-state index in [1.54, 1.807) is 6.07 Å². The average molecular weight is 507 g/mol. The smallest absolute Gasteiger partial charge is 0.194 e. The van der Waals surface area contributed by atoms with Gasteiger partial charge in [0.15, 0.2) is 5.96 Å². The first-order valence-corrected chi connectivity index (χ1v) is 10.2. The standard InChI is InChI=1S/C20H31ClN4O.HI/c1-2-22-20(23-13-19(26)17-7-3-4-8-18(17)21)25-12-9-16(15-25)14-24-10-5-6-11-24;/h3-4,7-8,16,19,26H,2,5-6,9-15H2,1H3,(H,22,23);1H. The highest BCUT2D eigenvalue weighted by Crippen LogP contribution is 2.23. The Balaban J connectivity index is 0.00000261. The SMILES string of the molecule is CCNC(=NCC(O)c1ccccc1Cl)N1CCC(CN2CCCC2)C1.I. The lowest BCUT2D eigenvalue weighted by Gasteiger charge is -2.23.